The van der Waals surface area contributed by atoms with Crippen molar-refractivity contribution in [3.8, 4) is 5.75 Å². The SMILES string of the molecule is Cl.Cl.[CH3][Ti](=[CH]c1ccccc1O)[C]1=CC=CC1. The average Bonchev–Trinajstić information content (AvgIpc) is 2.74. The number of hydrogen-bond donors (Lipinski definition) is 1. The molecule has 0 aromatic heterocycles. The van der Waals surface area contributed by atoms with E-state index in [1.165, 1.54) is 0 Å². The average molecular weight is 307 g/mol. The summed E-state index contributed by atoms with van der Waals surface area (Å²) in [6, 6.07) is 7.56. The first-order valence-electron chi connectivity index (χ1n) is 5.10. The van der Waals surface area contributed by atoms with Crippen molar-refractivity contribution in [1.29, 1.82) is 0 Å². The van der Waals surface area contributed by atoms with Crippen LogP contribution in [0.15, 0.2) is 46.4 Å². The van der Waals surface area contributed by atoms with Gasteiger partial charge in [0.25, 0.3) is 0 Å². The van der Waals surface area contributed by atoms with Crippen LogP contribution in [0, 0.1) is 0 Å². The Morgan fingerprint density at radius 2 is 1.94 bits per heavy atom. The predicted molar refractivity (Wildman–Crippen MR) is 75.5 cm³/mol. The zero-order chi connectivity index (χ0) is 10.7. The number of allylic oxidation sites excluding steroid dienone is 4. The molecule has 0 bridgehead atoms. The first-order chi connectivity index (χ1) is 7.27. The van der Waals surface area contributed by atoms with Crippen molar-refractivity contribution in [1.82, 2.24) is 0 Å². The Balaban J connectivity index is 0.00000128. The molecule has 1 N–H and O–H groups in total. The molecule has 1 aliphatic rings. The van der Waals surface area contributed by atoms with Crippen molar-refractivity contribution in [3.63, 3.8) is 0 Å². The zero-order valence-corrected chi connectivity index (χ0v) is 12.8. The van der Waals surface area contributed by atoms with Crippen LogP contribution in [0.5, 0.6) is 5.75 Å². The second-order valence-corrected chi connectivity index (χ2v) is 7.30. The number of hydrogen-bond acceptors (Lipinski definition) is 1. The van der Waals surface area contributed by atoms with Crippen molar-refractivity contribution in [2.45, 2.75) is 11.6 Å². The quantitative estimate of drug-likeness (QED) is 0.822. The van der Waals surface area contributed by atoms with Gasteiger partial charge < -0.3 is 0 Å². The monoisotopic (exact) mass is 306 g/mol. The van der Waals surface area contributed by atoms with Crippen LogP contribution in [-0.2, 0) is 17.4 Å². The Bertz CT molecular complexity index is 464. The van der Waals surface area contributed by atoms with Crippen LogP contribution in [0.3, 0.4) is 0 Å². The fourth-order valence-corrected chi connectivity index (χ4v) is 4.32. The van der Waals surface area contributed by atoms with Crippen molar-refractivity contribution in [2.24, 2.45) is 0 Å². The normalized spacial score (nSPS) is 13.7. The topological polar surface area (TPSA) is 20.2 Å². The van der Waals surface area contributed by atoms with Gasteiger partial charge in [-0.25, -0.2) is 0 Å². The molecule has 0 saturated heterocycles. The number of halogens is 2. The minimum absolute atomic E-state index is 0. The Labute approximate surface area is 120 Å². The van der Waals surface area contributed by atoms with Gasteiger partial charge in [0, 0.05) is 0 Å². The number of phenols is 1. The molecule has 1 aliphatic carbocycles. The van der Waals surface area contributed by atoms with Gasteiger partial charge in [0.2, 0.25) is 0 Å². The maximum absolute atomic E-state index is 9.66. The summed E-state index contributed by atoms with van der Waals surface area (Å²) in [5, 5.41) is 12.0. The van der Waals surface area contributed by atoms with E-state index in [4.69, 9.17) is 0 Å². The summed E-state index contributed by atoms with van der Waals surface area (Å²) < 4.78 is 3.84. The second kappa shape index (κ2) is 7.89. The summed E-state index contributed by atoms with van der Waals surface area (Å²) in [6.07, 6.45) is 7.66. The van der Waals surface area contributed by atoms with Crippen LogP contribution in [0.1, 0.15) is 12.0 Å². The predicted octanol–water partition coefficient (Wildman–Crippen LogP) is 3.90. The molecule has 0 heterocycles. The van der Waals surface area contributed by atoms with Gasteiger partial charge in [0.05, 0.1) is 0 Å². The Morgan fingerprint density at radius 1 is 1.24 bits per heavy atom. The summed E-state index contributed by atoms with van der Waals surface area (Å²) in [7, 11) is 0. The molecule has 1 aromatic rings. The van der Waals surface area contributed by atoms with Gasteiger partial charge in [-0.05, 0) is 0 Å². The molecule has 1 aromatic carbocycles. The van der Waals surface area contributed by atoms with Crippen LogP contribution in [-0.4, -0.2) is 9.42 Å². The van der Waals surface area contributed by atoms with E-state index in [-0.39, 0.29) is 24.8 Å². The summed E-state index contributed by atoms with van der Waals surface area (Å²) >= 11 is -1.27. The summed E-state index contributed by atoms with van der Waals surface area (Å²) in [5.74, 6) is 0.399. The standard InChI is InChI=1S/C7H6O.C5H5.CH3.2ClH.Ti/c1-6-4-2-3-5-7(6)8;1-2-4-5-3-1;;;;/h1-5,8H;1-3H,4H2;1H3;2*1H;. The molecule has 0 fully saturated rings. The van der Waals surface area contributed by atoms with Gasteiger partial charge >= 0.3 is 96.2 Å². The molecule has 0 radical (unpaired) electrons. The van der Waals surface area contributed by atoms with Gasteiger partial charge in [-0.2, -0.15) is 0 Å². The van der Waals surface area contributed by atoms with E-state index in [9.17, 15) is 5.11 Å². The molecule has 2 rings (SSSR count). The molecule has 0 unspecified atom stereocenters. The Kier molecular flexibility index (Phi) is 7.73. The summed E-state index contributed by atoms with van der Waals surface area (Å²) in [6.45, 7) is 0. The number of para-hydroxylation sites is 1. The Morgan fingerprint density at radius 3 is 2.53 bits per heavy atom. The third-order valence-corrected chi connectivity index (χ3v) is 5.91. The molecule has 0 atom stereocenters. The van der Waals surface area contributed by atoms with E-state index >= 15 is 0 Å². The number of phenolic OH excluding ortho intramolecular Hbond substituents is 1. The van der Waals surface area contributed by atoms with E-state index in [1.54, 1.807) is 9.94 Å². The molecular formula is C13H16Cl2OTi. The summed E-state index contributed by atoms with van der Waals surface area (Å²) in [5.41, 5.74) is 0.989. The molecule has 92 valence electrons. The fraction of sp³-hybridized carbons (Fsp3) is 0.154. The van der Waals surface area contributed by atoms with Crippen LogP contribution in [0.2, 0.25) is 5.23 Å². The number of rotatable bonds is 2. The summed E-state index contributed by atoms with van der Waals surface area (Å²) in [4.78, 5) is 0. The molecule has 0 spiro atoms. The number of aromatic hydroxyl groups is 1. The van der Waals surface area contributed by atoms with Crippen LogP contribution in [0.25, 0.3) is 0 Å². The third kappa shape index (κ3) is 4.44. The van der Waals surface area contributed by atoms with Crippen LogP contribution in [0.4, 0.5) is 0 Å². The first kappa shape index (κ1) is 16.7. The molecule has 17 heavy (non-hydrogen) atoms. The van der Waals surface area contributed by atoms with Gasteiger partial charge in [-0.3, -0.25) is 0 Å². The van der Waals surface area contributed by atoms with Gasteiger partial charge in [0.15, 0.2) is 0 Å². The first-order valence-corrected chi connectivity index (χ1v) is 8.34. The molecule has 0 amide bonds. The second-order valence-electron chi connectivity index (χ2n) is 3.71. The molecule has 4 heteroatoms. The van der Waals surface area contributed by atoms with Gasteiger partial charge in [-0.1, -0.05) is 0 Å². The van der Waals surface area contributed by atoms with E-state index in [0.29, 0.717) is 5.75 Å². The van der Waals surface area contributed by atoms with E-state index in [0.717, 1.165) is 12.0 Å². The molecule has 1 nitrogen and oxygen atoms in total. The third-order valence-electron chi connectivity index (χ3n) is 2.59. The van der Waals surface area contributed by atoms with E-state index < -0.39 is 17.4 Å². The van der Waals surface area contributed by atoms with Gasteiger partial charge in [0.1, 0.15) is 0 Å². The molecular weight excluding hydrogens is 291 g/mol. The van der Waals surface area contributed by atoms with E-state index in [1.807, 2.05) is 18.2 Å². The fourth-order valence-electron chi connectivity index (χ4n) is 1.68. The molecule has 0 aliphatic heterocycles. The maximum atomic E-state index is 9.66. The number of benzene rings is 1. The van der Waals surface area contributed by atoms with Crippen molar-refractivity contribution >= 4 is 29.1 Å². The van der Waals surface area contributed by atoms with Crippen molar-refractivity contribution < 1.29 is 22.5 Å². The van der Waals surface area contributed by atoms with Gasteiger partial charge in [-0.15, -0.1) is 24.8 Å². The van der Waals surface area contributed by atoms with E-state index in [2.05, 4.69) is 27.8 Å². The van der Waals surface area contributed by atoms with Crippen LogP contribution >= 0.6 is 24.8 Å². The molecule has 0 saturated carbocycles. The van der Waals surface area contributed by atoms with Crippen molar-refractivity contribution in [3.05, 3.63) is 51.9 Å². The zero-order valence-electron chi connectivity index (χ0n) is 9.59. The van der Waals surface area contributed by atoms with Crippen molar-refractivity contribution in [2.75, 3.05) is 0 Å². The Hall–Kier alpha value is -0.336. The minimum atomic E-state index is -1.27. The van der Waals surface area contributed by atoms with Crippen LogP contribution < -0.4 is 0 Å².